The van der Waals surface area contributed by atoms with Gasteiger partial charge in [0, 0.05) is 42.1 Å². The number of likely N-dealkylation sites (tertiary alicyclic amines) is 1. The van der Waals surface area contributed by atoms with Crippen LogP contribution in [0.25, 0.3) is 10.9 Å². The van der Waals surface area contributed by atoms with E-state index >= 15 is 0 Å². The van der Waals surface area contributed by atoms with Crippen molar-refractivity contribution in [2.75, 3.05) is 19.6 Å². The van der Waals surface area contributed by atoms with E-state index in [4.69, 9.17) is 4.74 Å². The Hall–Kier alpha value is -2.94. The van der Waals surface area contributed by atoms with Gasteiger partial charge in [0.15, 0.2) is 0 Å². The number of ether oxygens (including phenoxy) is 1. The zero-order chi connectivity index (χ0) is 21.7. The number of hydrogen-bond donors (Lipinski definition) is 1. The van der Waals surface area contributed by atoms with E-state index < -0.39 is 0 Å². The van der Waals surface area contributed by atoms with Crippen LogP contribution in [-0.4, -0.2) is 46.6 Å². The van der Waals surface area contributed by atoms with E-state index in [1.54, 1.807) is 0 Å². The lowest BCUT2D eigenvalue weighted by molar-refractivity contribution is 0.0202. The van der Waals surface area contributed by atoms with Crippen molar-refractivity contribution in [2.45, 2.75) is 51.3 Å². The number of nitrogens with zero attached hydrogens (tertiary/aromatic N) is 2. The first kappa shape index (κ1) is 19.7. The molecule has 0 amide bonds. The van der Waals surface area contributed by atoms with Gasteiger partial charge in [-0.25, -0.2) is 0 Å². The van der Waals surface area contributed by atoms with Gasteiger partial charge >= 0.3 is 0 Å². The highest BCUT2D eigenvalue weighted by Crippen LogP contribution is 2.44. The van der Waals surface area contributed by atoms with E-state index in [2.05, 4.69) is 89.0 Å². The number of aromatic nitrogens is 1. The molecule has 1 aliphatic carbocycles. The summed E-state index contributed by atoms with van der Waals surface area (Å²) < 4.78 is 6.23. The van der Waals surface area contributed by atoms with Gasteiger partial charge in [0.2, 0.25) is 0 Å². The molecule has 6 rings (SSSR count). The molecule has 0 saturated carbocycles. The van der Waals surface area contributed by atoms with Crippen LogP contribution in [0.3, 0.4) is 0 Å². The number of rotatable bonds is 6. The van der Waals surface area contributed by atoms with Gasteiger partial charge in [-0.3, -0.25) is 4.90 Å². The zero-order valence-electron chi connectivity index (χ0n) is 19.0. The molecule has 0 unspecified atom stereocenters. The predicted octanol–water partition coefficient (Wildman–Crippen LogP) is 5.42. The lowest BCUT2D eigenvalue weighted by Crippen LogP contribution is -2.53. The van der Waals surface area contributed by atoms with Crippen molar-refractivity contribution < 1.29 is 4.74 Å². The standard InChI is InChI=1S/C28H31N3O/c1-3-15-30-17-23(18-30)32-22-13-11-20(12-14-22)28-27-25(24-9-4-5-10-26(24)29-27)16-19(2)31(28)21-7-6-8-21/h4-6,9-14,19,23,28-29H,3,7,15-18H2,1-2H3/t19-,28-/m1/s1. The Morgan fingerprint density at radius 2 is 1.88 bits per heavy atom. The van der Waals surface area contributed by atoms with Crippen molar-refractivity contribution in [1.29, 1.82) is 0 Å². The molecule has 32 heavy (non-hydrogen) atoms. The zero-order valence-corrected chi connectivity index (χ0v) is 19.0. The molecule has 1 fully saturated rings. The molecule has 2 aliphatic heterocycles. The van der Waals surface area contributed by atoms with Crippen molar-refractivity contribution in [3.8, 4) is 5.75 Å². The highest BCUT2D eigenvalue weighted by Gasteiger charge is 2.37. The summed E-state index contributed by atoms with van der Waals surface area (Å²) in [5, 5.41) is 1.36. The van der Waals surface area contributed by atoms with Crippen LogP contribution in [-0.2, 0) is 6.42 Å². The molecule has 1 aromatic heterocycles. The van der Waals surface area contributed by atoms with E-state index in [1.807, 2.05) is 0 Å². The third-order valence-corrected chi connectivity index (χ3v) is 7.21. The largest absolute Gasteiger partial charge is 0.488 e. The van der Waals surface area contributed by atoms with Crippen LogP contribution in [0.5, 0.6) is 5.75 Å². The van der Waals surface area contributed by atoms with Crippen molar-refractivity contribution in [3.05, 3.63) is 82.9 Å². The maximum atomic E-state index is 6.23. The summed E-state index contributed by atoms with van der Waals surface area (Å²) >= 11 is 0. The molecule has 3 aliphatic rings. The summed E-state index contributed by atoms with van der Waals surface area (Å²) in [6, 6.07) is 18.1. The molecule has 0 bridgehead atoms. The van der Waals surface area contributed by atoms with E-state index in [-0.39, 0.29) is 6.04 Å². The monoisotopic (exact) mass is 425 g/mol. The van der Waals surface area contributed by atoms with E-state index in [0.717, 1.165) is 31.7 Å². The lowest BCUT2D eigenvalue weighted by atomic mass is 9.87. The molecule has 2 atom stereocenters. The summed E-state index contributed by atoms with van der Waals surface area (Å²) in [5.74, 6) is 0.977. The third-order valence-electron chi connectivity index (χ3n) is 7.21. The van der Waals surface area contributed by atoms with E-state index in [1.165, 1.54) is 46.4 Å². The quantitative estimate of drug-likeness (QED) is 0.535. The fraction of sp³-hybridized carbons (Fsp3) is 0.393. The topological polar surface area (TPSA) is 31.5 Å². The summed E-state index contributed by atoms with van der Waals surface area (Å²) in [6.45, 7) is 7.84. The van der Waals surface area contributed by atoms with Gasteiger partial charge in [0.05, 0.1) is 11.7 Å². The minimum atomic E-state index is 0.176. The average molecular weight is 426 g/mol. The van der Waals surface area contributed by atoms with E-state index in [0.29, 0.717) is 12.1 Å². The third kappa shape index (κ3) is 3.26. The first-order valence-corrected chi connectivity index (χ1v) is 12.0. The van der Waals surface area contributed by atoms with E-state index in [9.17, 15) is 0 Å². The molecule has 164 valence electrons. The molecular weight excluding hydrogens is 394 g/mol. The van der Waals surface area contributed by atoms with Gasteiger partial charge in [-0.15, -0.1) is 5.73 Å². The number of aromatic amines is 1. The highest BCUT2D eigenvalue weighted by atomic mass is 16.5. The Kier molecular flexibility index (Phi) is 4.86. The van der Waals surface area contributed by atoms with Gasteiger partial charge in [0.1, 0.15) is 11.9 Å². The molecule has 3 heterocycles. The van der Waals surface area contributed by atoms with Gasteiger partial charge in [0.25, 0.3) is 0 Å². The Morgan fingerprint density at radius 3 is 2.59 bits per heavy atom. The molecule has 0 spiro atoms. The summed E-state index contributed by atoms with van der Waals surface area (Å²) in [6.07, 6.45) is 5.73. The summed E-state index contributed by atoms with van der Waals surface area (Å²) in [7, 11) is 0. The van der Waals surface area contributed by atoms with Gasteiger partial charge in [-0.05, 0) is 61.7 Å². The summed E-state index contributed by atoms with van der Waals surface area (Å²) in [4.78, 5) is 8.80. The Balaban J connectivity index is 1.32. The van der Waals surface area contributed by atoms with Crippen LogP contribution in [0.15, 0.2) is 66.0 Å². The van der Waals surface area contributed by atoms with Gasteiger partial charge in [-0.2, -0.15) is 0 Å². The average Bonchev–Trinajstić information content (AvgIpc) is 3.10. The van der Waals surface area contributed by atoms with Crippen molar-refractivity contribution in [3.63, 3.8) is 0 Å². The fourth-order valence-electron chi connectivity index (χ4n) is 5.60. The molecule has 1 N–H and O–H groups in total. The molecule has 3 aromatic rings. The number of nitrogens with one attached hydrogen (secondary N) is 1. The van der Waals surface area contributed by atoms with Crippen LogP contribution >= 0.6 is 0 Å². The molecule has 0 radical (unpaired) electrons. The van der Waals surface area contributed by atoms with Gasteiger partial charge in [-0.1, -0.05) is 37.3 Å². The molecule has 1 saturated heterocycles. The highest BCUT2D eigenvalue weighted by molar-refractivity contribution is 5.85. The second-order valence-electron chi connectivity index (χ2n) is 9.49. The maximum Gasteiger partial charge on any atom is 0.124 e. The fourth-order valence-corrected chi connectivity index (χ4v) is 5.60. The number of H-pyrrole nitrogens is 1. The first-order valence-electron chi connectivity index (χ1n) is 12.0. The number of fused-ring (bicyclic) bond motifs is 3. The van der Waals surface area contributed by atoms with Crippen LogP contribution in [0, 0.1) is 0 Å². The second kappa shape index (κ2) is 7.88. The van der Waals surface area contributed by atoms with Crippen LogP contribution in [0.1, 0.15) is 49.6 Å². The van der Waals surface area contributed by atoms with Crippen LogP contribution in [0.2, 0.25) is 0 Å². The SMILES string of the molecule is CCCN1CC(Oc2ccc([C@@H]3c4[nH]c5ccccc5c4C[C@@H](C)N3C3=C=CC3)cc2)C1. The lowest BCUT2D eigenvalue weighted by Gasteiger charge is -2.44. The minimum absolute atomic E-state index is 0.176. The number of benzene rings is 2. The van der Waals surface area contributed by atoms with Gasteiger partial charge < -0.3 is 14.6 Å². The number of para-hydroxylation sites is 1. The number of hydrogen-bond acceptors (Lipinski definition) is 3. The molecule has 4 heteroatoms. The Bertz CT molecular complexity index is 1200. The first-order chi connectivity index (χ1) is 15.7. The second-order valence-corrected chi connectivity index (χ2v) is 9.49. The molecular formula is C28H31N3O. The Labute approximate surface area is 190 Å². The smallest absolute Gasteiger partial charge is 0.124 e. The van der Waals surface area contributed by atoms with Crippen molar-refractivity contribution in [2.24, 2.45) is 0 Å². The van der Waals surface area contributed by atoms with Crippen LogP contribution < -0.4 is 4.74 Å². The van der Waals surface area contributed by atoms with Crippen molar-refractivity contribution in [1.82, 2.24) is 14.8 Å². The van der Waals surface area contributed by atoms with Crippen LogP contribution in [0.4, 0.5) is 0 Å². The maximum absolute atomic E-state index is 6.23. The molecule has 2 aromatic carbocycles. The normalized spacial score (nSPS) is 22.9. The molecule has 4 nitrogen and oxygen atoms in total. The Morgan fingerprint density at radius 1 is 1.09 bits per heavy atom. The summed E-state index contributed by atoms with van der Waals surface area (Å²) in [5.41, 5.74) is 10.1. The van der Waals surface area contributed by atoms with Crippen molar-refractivity contribution >= 4 is 10.9 Å². The minimum Gasteiger partial charge on any atom is -0.488 e. The predicted molar refractivity (Wildman–Crippen MR) is 129 cm³/mol.